The number of pyridine rings is 3. The summed E-state index contributed by atoms with van der Waals surface area (Å²) in [4.78, 5) is 26.7. The number of nitrogen functional groups attached to an aromatic ring is 1. The van der Waals surface area contributed by atoms with Gasteiger partial charge >= 0.3 is 0 Å². The number of carbonyl (C=O) groups excluding carboxylic acids is 1. The molecule has 2 N–H and O–H groups in total. The molecule has 4 aromatic rings. The van der Waals surface area contributed by atoms with Crippen molar-refractivity contribution in [1.82, 2.24) is 15.0 Å². The number of halogens is 1. The molecule has 3 heterocycles. The minimum atomic E-state index is -3.72. The molecule has 8 nitrogen and oxygen atoms in total. The van der Waals surface area contributed by atoms with Gasteiger partial charge in [-0.1, -0.05) is 12.1 Å². The van der Waals surface area contributed by atoms with Gasteiger partial charge in [-0.2, -0.15) is 0 Å². The number of benzene rings is 1. The van der Waals surface area contributed by atoms with Gasteiger partial charge in [-0.15, -0.1) is 0 Å². The Hall–Kier alpha value is -3.92. The van der Waals surface area contributed by atoms with E-state index < -0.39 is 21.6 Å². The molecule has 32 heavy (non-hydrogen) atoms. The van der Waals surface area contributed by atoms with Crippen molar-refractivity contribution in [3.63, 3.8) is 0 Å². The molecule has 0 saturated heterocycles. The largest absolute Gasteiger partial charge is 0.381 e. The van der Waals surface area contributed by atoms with Crippen LogP contribution < -0.4 is 10.6 Å². The van der Waals surface area contributed by atoms with E-state index in [1.807, 2.05) is 0 Å². The van der Waals surface area contributed by atoms with Crippen molar-refractivity contribution in [2.45, 2.75) is 11.6 Å². The number of anilines is 2. The summed E-state index contributed by atoms with van der Waals surface area (Å²) in [6, 6.07) is 12.6. The average molecular weight is 451 g/mol. The number of nitrogens with two attached hydrogens (primary N) is 1. The molecule has 0 fully saturated rings. The van der Waals surface area contributed by atoms with Gasteiger partial charge < -0.3 is 10.6 Å². The molecule has 0 unspecified atom stereocenters. The molecule has 0 saturated carbocycles. The molecule has 1 amide bonds. The molecule has 0 radical (unpaired) electrons. The molecular formula is C22H18FN5O3S. The second kappa shape index (κ2) is 8.31. The zero-order valence-corrected chi connectivity index (χ0v) is 17.8. The first-order valence-electron chi connectivity index (χ1n) is 9.45. The molecule has 3 aromatic heterocycles. The molecule has 4 rings (SSSR count). The minimum Gasteiger partial charge on any atom is -0.381 e. The maximum absolute atomic E-state index is 13.7. The molecule has 0 aliphatic carbocycles. The number of sulfone groups is 1. The van der Waals surface area contributed by atoms with Crippen molar-refractivity contribution in [1.29, 1.82) is 0 Å². The third-order valence-corrected chi connectivity index (χ3v) is 5.77. The summed E-state index contributed by atoms with van der Waals surface area (Å²) in [5.74, 6) is -1.31. The number of carbonyl (C=O) groups is 1. The van der Waals surface area contributed by atoms with Crippen molar-refractivity contribution < 1.29 is 17.6 Å². The first-order valence-corrected chi connectivity index (χ1v) is 11.3. The van der Waals surface area contributed by atoms with Gasteiger partial charge in [0.25, 0.3) is 5.91 Å². The number of nitrogens with zero attached hydrogens (tertiary/aromatic N) is 4. The summed E-state index contributed by atoms with van der Waals surface area (Å²) >= 11 is 0. The minimum absolute atomic E-state index is 0.0108. The predicted octanol–water partition coefficient (Wildman–Crippen LogP) is 3.00. The van der Waals surface area contributed by atoms with Crippen LogP contribution in [0.3, 0.4) is 0 Å². The first-order chi connectivity index (χ1) is 15.2. The Morgan fingerprint density at radius 1 is 1.12 bits per heavy atom. The third-order valence-electron chi connectivity index (χ3n) is 4.75. The Morgan fingerprint density at radius 2 is 1.91 bits per heavy atom. The van der Waals surface area contributed by atoms with E-state index in [2.05, 4.69) is 15.0 Å². The van der Waals surface area contributed by atoms with Gasteiger partial charge in [0.05, 0.1) is 23.3 Å². The van der Waals surface area contributed by atoms with Gasteiger partial charge in [0.15, 0.2) is 26.5 Å². The highest BCUT2D eigenvalue weighted by Gasteiger charge is 2.25. The van der Waals surface area contributed by atoms with E-state index in [0.717, 1.165) is 6.26 Å². The normalized spacial score (nSPS) is 11.4. The SMILES string of the molecule is CS(=O)(=O)c1ncccc1N(Cc1ccc2cc(F)c(N)nc2c1)C(=O)c1cccnc1. The maximum Gasteiger partial charge on any atom is 0.260 e. The van der Waals surface area contributed by atoms with Gasteiger partial charge in [-0.3, -0.25) is 9.78 Å². The summed E-state index contributed by atoms with van der Waals surface area (Å²) in [6.07, 6.45) is 5.32. The van der Waals surface area contributed by atoms with Crippen LogP contribution in [0.2, 0.25) is 0 Å². The average Bonchev–Trinajstić information content (AvgIpc) is 2.78. The van der Waals surface area contributed by atoms with E-state index in [1.165, 1.54) is 35.6 Å². The summed E-state index contributed by atoms with van der Waals surface area (Å²) < 4.78 is 38.4. The first kappa shape index (κ1) is 21.3. The number of fused-ring (bicyclic) bond motifs is 1. The summed E-state index contributed by atoms with van der Waals surface area (Å²) in [5.41, 5.74) is 7.09. The Bertz CT molecular complexity index is 1430. The van der Waals surface area contributed by atoms with Crippen LogP contribution in [0, 0.1) is 5.82 Å². The van der Waals surface area contributed by atoms with E-state index in [1.54, 1.807) is 36.4 Å². The fraction of sp³-hybridized carbons (Fsp3) is 0.0909. The smallest absolute Gasteiger partial charge is 0.260 e. The second-order valence-electron chi connectivity index (χ2n) is 7.12. The van der Waals surface area contributed by atoms with Gasteiger partial charge in [-0.05, 0) is 42.0 Å². The highest BCUT2D eigenvalue weighted by atomic mass is 32.2. The van der Waals surface area contributed by atoms with Crippen molar-refractivity contribution >= 4 is 38.2 Å². The maximum atomic E-state index is 13.7. The summed E-state index contributed by atoms with van der Waals surface area (Å²) in [5, 5.41) is 0.325. The zero-order valence-electron chi connectivity index (χ0n) is 16.9. The molecule has 0 aliphatic rings. The van der Waals surface area contributed by atoms with Crippen molar-refractivity contribution in [3.05, 3.63) is 84.1 Å². The van der Waals surface area contributed by atoms with E-state index >= 15 is 0 Å². The number of amides is 1. The summed E-state index contributed by atoms with van der Waals surface area (Å²) in [6.45, 7) is 0.0108. The lowest BCUT2D eigenvalue weighted by Crippen LogP contribution is -2.32. The predicted molar refractivity (Wildman–Crippen MR) is 118 cm³/mol. The Labute approximate surface area is 183 Å². The van der Waals surface area contributed by atoms with Crippen LogP contribution in [0.25, 0.3) is 10.9 Å². The van der Waals surface area contributed by atoms with Gasteiger partial charge in [-0.25, -0.2) is 22.8 Å². The lowest BCUT2D eigenvalue weighted by atomic mass is 10.1. The highest BCUT2D eigenvalue weighted by molar-refractivity contribution is 7.90. The standard InChI is InChI=1S/C22H18FN5O3S/c1-32(30,31)21-19(5-3-9-26-21)28(22(29)16-4-2-8-25-12-16)13-14-6-7-15-11-17(23)20(24)27-18(15)10-14/h2-12H,13H2,1H3,(H2,24,27). The van der Waals surface area contributed by atoms with Gasteiger partial charge in [0, 0.05) is 30.2 Å². The highest BCUT2D eigenvalue weighted by Crippen LogP contribution is 2.27. The molecule has 10 heteroatoms. The van der Waals surface area contributed by atoms with Crippen LogP contribution in [0.15, 0.2) is 72.1 Å². The van der Waals surface area contributed by atoms with Crippen LogP contribution in [-0.2, 0) is 16.4 Å². The molecule has 0 spiro atoms. The number of rotatable bonds is 5. The van der Waals surface area contributed by atoms with Crippen LogP contribution >= 0.6 is 0 Å². The lowest BCUT2D eigenvalue weighted by Gasteiger charge is -2.24. The fourth-order valence-electron chi connectivity index (χ4n) is 3.27. The lowest BCUT2D eigenvalue weighted by molar-refractivity contribution is 0.0984. The van der Waals surface area contributed by atoms with Gasteiger partial charge in [0.1, 0.15) is 0 Å². The molecular weight excluding hydrogens is 433 g/mol. The van der Waals surface area contributed by atoms with Crippen molar-refractivity contribution in [2.24, 2.45) is 0 Å². The quantitative estimate of drug-likeness (QED) is 0.495. The van der Waals surface area contributed by atoms with Crippen molar-refractivity contribution in [3.8, 4) is 0 Å². The van der Waals surface area contributed by atoms with E-state index in [-0.39, 0.29) is 28.6 Å². The summed E-state index contributed by atoms with van der Waals surface area (Å²) in [7, 11) is -3.72. The number of aromatic nitrogens is 3. The Kier molecular flexibility index (Phi) is 5.54. The zero-order chi connectivity index (χ0) is 22.9. The Morgan fingerprint density at radius 3 is 2.62 bits per heavy atom. The number of hydrogen-bond acceptors (Lipinski definition) is 7. The van der Waals surface area contributed by atoms with E-state index in [9.17, 15) is 17.6 Å². The monoisotopic (exact) mass is 451 g/mol. The topological polar surface area (TPSA) is 119 Å². The third kappa shape index (κ3) is 4.26. The van der Waals surface area contributed by atoms with Crippen LogP contribution in [-0.4, -0.2) is 35.5 Å². The van der Waals surface area contributed by atoms with Crippen molar-refractivity contribution in [2.75, 3.05) is 16.9 Å². The van der Waals surface area contributed by atoms with Gasteiger partial charge in [0.2, 0.25) is 0 Å². The number of hydrogen-bond donors (Lipinski definition) is 1. The molecule has 162 valence electrons. The Balaban J connectivity index is 1.83. The van der Waals surface area contributed by atoms with E-state index in [4.69, 9.17) is 5.73 Å². The van der Waals surface area contributed by atoms with Crippen LogP contribution in [0.5, 0.6) is 0 Å². The molecule has 0 bridgehead atoms. The van der Waals surface area contributed by atoms with E-state index in [0.29, 0.717) is 16.5 Å². The second-order valence-corrected chi connectivity index (χ2v) is 9.05. The fourth-order valence-corrected chi connectivity index (χ4v) is 4.08. The van der Waals surface area contributed by atoms with Crippen LogP contribution in [0.1, 0.15) is 15.9 Å². The molecule has 0 atom stereocenters. The molecule has 1 aromatic carbocycles. The van der Waals surface area contributed by atoms with Crippen LogP contribution in [0.4, 0.5) is 15.9 Å². The molecule has 0 aliphatic heterocycles.